The molecular formula is C34H35N8O5+. The molecule has 1 N–H and O–H groups in total. The van der Waals surface area contributed by atoms with Crippen LogP contribution in [0.4, 0.5) is 4.79 Å². The number of nitrogens with one attached hydrogen (secondary N) is 1. The summed E-state index contributed by atoms with van der Waals surface area (Å²) in [6, 6.07) is 12.4. The Labute approximate surface area is 271 Å². The van der Waals surface area contributed by atoms with E-state index in [9.17, 15) is 19.2 Å². The Balaban J connectivity index is 1.28. The molecule has 1 aromatic heterocycles. The number of benzene rings is 2. The van der Waals surface area contributed by atoms with Crippen molar-refractivity contribution >= 4 is 46.5 Å². The summed E-state index contributed by atoms with van der Waals surface area (Å²) in [6.07, 6.45) is 1.45. The van der Waals surface area contributed by atoms with Gasteiger partial charge in [-0.1, -0.05) is 41.2 Å². The number of para-hydroxylation sites is 1. The van der Waals surface area contributed by atoms with Crippen LogP contribution >= 0.6 is 0 Å². The van der Waals surface area contributed by atoms with Crippen molar-refractivity contribution < 1.29 is 28.5 Å². The first-order valence-electron chi connectivity index (χ1n) is 15.4. The van der Waals surface area contributed by atoms with Crippen LogP contribution in [0.1, 0.15) is 52.0 Å². The summed E-state index contributed by atoms with van der Waals surface area (Å²) in [5.74, 6) is 5.74. The molecule has 47 heavy (non-hydrogen) atoms. The predicted molar refractivity (Wildman–Crippen MR) is 173 cm³/mol. The van der Waals surface area contributed by atoms with Gasteiger partial charge in [0.2, 0.25) is 11.9 Å². The van der Waals surface area contributed by atoms with E-state index in [1.54, 1.807) is 38.2 Å². The summed E-state index contributed by atoms with van der Waals surface area (Å²) in [5.41, 5.74) is 1.91. The van der Waals surface area contributed by atoms with Gasteiger partial charge in [0.25, 0.3) is 11.8 Å². The summed E-state index contributed by atoms with van der Waals surface area (Å²) < 4.78 is 6.86. The number of nitrogens with zero attached hydrogens (tertiary/aromatic N) is 7. The number of carbonyl (C=O) groups excluding carboxylic acids is 4. The molecule has 240 valence electrons. The maximum absolute atomic E-state index is 14.1. The maximum Gasteiger partial charge on any atom is 0.393 e. The fraction of sp³-hybridized carbons (Fsp3) is 0.353. The minimum absolute atomic E-state index is 0.0923. The van der Waals surface area contributed by atoms with Gasteiger partial charge < -0.3 is 10.1 Å². The summed E-state index contributed by atoms with van der Waals surface area (Å²) in [7, 11) is 2.88. The van der Waals surface area contributed by atoms with Crippen LogP contribution in [0.15, 0.2) is 53.5 Å². The number of guanidine groups is 1. The van der Waals surface area contributed by atoms with E-state index in [0.717, 1.165) is 23.0 Å². The number of amidine groups is 1. The van der Waals surface area contributed by atoms with Gasteiger partial charge in [-0.15, -0.1) is 5.92 Å². The van der Waals surface area contributed by atoms with Crippen molar-refractivity contribution in [3.05, 3.63) is 71.2 Å². The molecule has 2 aromatic carbocycles. The molecule has 2 atom stereocenters. The Bertz CT molecular complexity index is 1930. The average Bonchev–Trinajstić information content (AvgIpc) is 3.48. The molecular weight excluding hydrogens is 600 g/mol. The van der Waals surface area contributed by atoms with Crippen molar-refractivity contribution in [3.63, 3.8) is 0 Å². The summed E-state index contributed by atoms with van der Waals surface area (Å²) in [4.78, 5) is 71.7. The quantitative estimate of drug-likeness (QED) is 0.247. The van der Waals surface area contributed by atoms with Crippen molar-refractivity contribution in [3.8, 4) is 11.8 Å². The zero-order valence-corrected chi connectivity index (χ0v) is 26.7. The Hall–Kier alpha value is -5.64. The number of likely N-dealkylation sites (N-methyl/N-ethyl adjacent to an activating group) is 1. The molecule has 13 heteroatoms. The predicted octanol–water partition coefficient (Wildman–Crippen LogP) is 2.19. The van der Waals surface area contributed by atoms with Gasteiger partial charge in [0.05, 0.1) is 49.4 Å². The molecule has 3 aliphatic rings. The van der Waals surface area contributed by atoms with E-state index >= 15 is 0 Å². The van der Waals surface area contributed by atoms with Crippen molar-refractivity contribution in [2.45, 2.75) is 45.3 Å². The molecule has 0 spiro atoms. The Morgan fingerprint density at radius 2 is 1.83 bits per heavy atom. The first-order chi connectivity index (χ1) is 22.7. The molecule has 3 aromatic rings. The lowest BCUT2D eigenvalue weighted by Crippen LogP contribution is -2.63. The number of methoxy groups -OCH3 is 1. The van der Waals surface area contributed by atoms with Gasteiger partial charge in [-0.3, -0.25) is 24.0 Å². The average molecular weight is 636 g/mol. The van der Waals surface area contributed by atoms with Crippen LogP contribution in [-0.2, 0) is 16.1 Å². The highest BCUT2D eigenvalue weighted by Crippen LogP contribution is 2.26. The molecule has 2 saturated heterocycles. The monoisotopic (exact) mass is 635 g/mol. The van der Waals surface area contributed by atoms with Gasteiger partial charge in [-0.05, 0) is 44.9 Å². The van der Waals surface area contributed by atoms with E-state index in [1.165, 1.54) is 16.9 Å². The van der Waals surface area contributed by atoms with E-state index in [1.807, 2.05) is 40.7 Å². The van der Waals surface area contributed by atoms with Gasteiger partial charge in [0, 0.05) is 18.1 Å². The second-order valence-electron chi connectivity index (χ2n) is 11.5. The van der Waals surface area contributed by atoms with E-state index < -0.39 is 23.9 Å². The molecule has 2 fully saturated rings. The first kappa shape index (κ1) is 31.3. The first-order valence-corrected chi connectivity index (χ1v) is 15.4. The highest BCUT2D eigenvalue weighted by Gasteiger charge is 2.56. The summed E-state index contributed by atoms with van der Waals surface area (Å²) in [5, 5.41) is 3.96. The molecule has 0 radical (unpaired) electrons. The molecule has 0 saturated carbocycles. The standard InChI is InChI=1S/C34H34N8O5/c1-5-6-18-41-28-29(39(3)34(46)42(31(28)44)20-27-35-21(2)23-13-9-10-16-26(23)37-27)38-33(41)40-17-11-12-22(19-40)36-30(43)24-14-7-8-15-25(24)32(45)47-4/h7-10,13-16,22,28H,11-12,17-20H2,1-4H3/p+1/t22-,28?/m1/s1. The molecule has 13 nitrogen and oxygen atoms in total. The smallest absolute Gasteiger partial charge is 0.393 e. The number of piperidine rings is 1. The molecule has 1 unspecified atom stereocenters. The lowest BCUT2D eigenvalue weighted by molar-refractivity contribution is -0.545. The number of rotatable bonds is 6. The van der Waals surface area contributed by atoms with E-state index in [4.69, 9.17) is 9.73 Å². The van der Waals surface area contributed by atoms with Crippen LogP contribution in [0.25, 0.3) is 10.9 Å². The molecule has 6 rings (SSSR count). The maximum atomic E-state index is 14.1. The third-order valence-electron chi connectivity index (χ3n) is 8.57. The van der Waals surface area contributed by atoms with Gasteiger partial charge in [-0.25, -0.2) is 24.5 Å². The van der Waals surface area contributed by atoms with Crippen LogP contribution < -0.4 is 5.32 Å². The van der Waals surface area contributed by atoms with Crippen LogP contribution in [0.5, 0.6) is 0 Å². The molecule has 0 bridgehead atoms. The highest BCUT2D eigenvalue weighted by molar-refractivity contribution is 6.25. The molecule has 4 amide bonds. The fourth-order valence-corrected chi connectivity index (χ4v) is 6.25. The van der Waals surface area contributed by atoms with Crippen LogP contribution in [-0.4, -0.2) is 111 Å². The molecule has 4 heterocycles. The van der Waals surface area contributed by atoms with Gasteiger partial charge in [-0.2, -0.15) is 0 Å². The summed E-state index contributed by atoms with van der Waals surface area (Å²) >= 11 is 0. The number of hydrogen-bond donors (Lipinski definition) is 1. The van der Waals surface area contributed by atoms with Crippen molar-refractivity contribution in [2.24, 2.45) is 4.99 Å². The largest absolute Gasteiger partial charge is 0.465 e. The van der Waals surface area contributed by atoms with E-state index in [-0.39, 0.29) is 36.2 Å². The summed E-state index contributed by atoms with van der Waals surface area (Å²) in [6.45, 7) is 4.74. The second-order valence-corrected chi connectivity index (χ2v) is 11.5. The number of esters is 1. The normalized spacial score (nSPS) is 20.9. The Kier molecular flexibility index (Phi) is 8.67. The van der Waals surface area contributed by atoms with Crippen molar-refractivity contribution in [1.82, 2.24) is 30.0 Å². The third kappa shape index (κ3) is 5.90. The third-order valence-corrected chi connectivity index (χ3v) is 8.57. The number of carbonyl (C=O) groups is 4. The zero-order valence-electron chi connectivity index (χ0n) is 26.7. The van der Waals surface area contributed by atoms with E-state index in [0.29, 0.717) is 37.1 Å². The van der Waals surface area contributed by atoms with Crippen molar-refractivity contribution in [2.75, 3.05) is 33.8 Å². The topological polar surface area (TPSA) is 140 Å². The number of imide groups is 1. The Morgan fingerprint density at radius 3 is 2.60 bits per heavy atom. The number of aromatic nitrogens is 2. The minimum Gasteiger partial charge on any atom is -0.465 e. The number of ether oxygens (including phenoxy) is 1. The van der Waals surface area contributed by atoms with Crippen molar-refractivity contribution in [1.29, 1.82) is 0 Å². The highest BCUT2D eigenvalue weighted by atomic mass is 16.5. The lowest BCUT2D eigenvalue weighted by atomic mass is 10.0. The Morgan fingerprint density at radius 1 is 1.09 bits per heavy atom. The van der Waals surface area contributed by atoms with Crippen LogP contribution in [0, 0.1) is 18.8 Å². The molecule has 0 aliphatic carbocycles. The number of amides is 4. The number of aryl methyl sites for hydroxylation is 1. The zero-order chi connectivity index (χ0) is 33.2. The van der Waals surface area contributed by atoms with Crippen LogP contribution in [0.3, 0.4) is 0 Å². The van der Waals surface area contributed by atoms with Gasteiger partial charge in [0.15, 0.2) is 0 Å². The van der Waals surface area contributed by atoms with Gasteiger partial charge in [0.1, 0.15) is 12.4 Å². The number of hydrogen-bond acceptors (Lipinski definition) is 7. The SMILES string of the molecule is CC#CCN1C(=[N+]2CCC[C@@H](NC(=O)c3ccccc3C(=O)OC)C2)N=C2C1C(=O)N(Cc1nc(C)c3ccccc3n1)C(=O)N2C. The minimum atomic E-state index is -0.878. The van der Waals surface area contributed by atoms with Gasteiger partial charge >= 0.3 is 18.0 Å². The number of aliphatic imine (C=N–C) groups is 1. The van der Waals surface area contributed by atoms with Crippen LogP contribution in [0.2, 0.25) is 0 Å². The fourth-order valence-electron chi connectivity index (χ4n) is 6.25. The molecule has 3 aliphatic heterocycles. The lowest BCUT2D eigenvalue weighted by Gasteiger charge is -2.34. The number of urea groups is 1. The second kappa shape index (κ2) is 13.0. The number of fused-ring (bicyclic) bond motifs is 2. The van der Waals surface area contributed by atoms with E-state index in [2.05, 4.69) is 27.1 Å².